The molecule has 0 aliphatic carbocycles. The van der Waals surface area contributed by atoms with Crippen molar-refractivity contribution in [2.24, 2.45) is 11.7 Å². The highest BCUT2D eigenvalue weighted by Crippen LogP contribution is 2.28. The van der Waals surface area contributed by atoms with Crippen LogP contribution >= 0.6 is 9.90 Å². The van der Waals surface area contributed by atoms with E-state index in [0.717, 1.165) is 22.0 Å². The van der Waals surface area contributed by atoms with E-state index < -0.39 is 0 Å². The van der Waals surface area contributed by atoms with E-state index in [-0.39, 0.29) is 35.0 Å². The Bertz CT molecular complexity index is 811. The van der Waals surface area contributed by atoms with Crippen molar-refractivity contribution in [1.82, 2.24) is 14.8 Å². The summed E-state index contributed by atoms with van der Waals surface area (Å²) < 4.78 is 14.9. The smallest absolute Gasteiger partial charge is 0.222 e. The molecule has 7 heteroatoms. The predicted octanol–water partition coefficient (Wildman–Crippen LogP) is 2.99. The molecule has 2 unspecified atom stereocenters. The largest absolute Gasteiger partial charge is 0.369 e. The fraction of sp³-hybridized carbons (Fsp3) is 0.250. The molecule has 23 heavy (non-hydrogen) atoms. The molecule has 0 spiro atoms. The van der Waals surface area contributed by atoms with Crippen LogP contribution in [0.15, 0.2) is 36.8 Å². The molecule has 0 fully saturated rings. The van der Waals surface area contributed by atoms with Gasteiger partial charge in [0.05, 0.1) is 18.7 Å². The quantitative estimate of drug-likeness (QED) is 0.719. The number of halogens is 1. The summed E-state index contributed by atoms with van der Waals surface area (Å²) in [6.45, 7) is 2.20. The van der Waals surface area contributed by atoms with Gasteiger partial charge in [0.2, 0.25) is 5.91 Å². The van der Waals surface area contributed by atoms with Gasteiger partial charge in [-0.15, -0.1) is 0 Å². The number of nitrogens with zero attached hydrogens (tertiary/aromatic N) is 2. The van der Waals surface area contributed by atoms with Crippen molar-refractivity contribution in [3.63, 3.8) is 0 Å². The third kappa shape index (κ3) is 3.77. The molecule has 2 atom stereocenters. The topological polar surface area (TPSA) is 76.7 Å². The summed E-state index contributed by atoms with van der Waals surface area (Å²) in [5.41, 5.74) is 7.85. The molecule has 3 aromatic rings. The Morgan fingerprint density at radius 2 is 2.22 bits per heavy atom. The summed E-state index contributed by atoms with van der Waals surface area (Å²) in [7, 11) is 0. The van der Waals surface area contributed by atoms with Gasteiger partial charge in [-0.25, -0.2) is 4.39 Å². The number of hydrogen-bond donors (Lipinski definition) is 2. The van der Waals surface area contributed by atoms with Crippen molar-refractivity contribution in [2.45, 2.75) is 20.9 Å². The second-order valence-corrected chi connectivity index (χ2v) is 5.15. The molecular formula is C16H22FN4OP. The highest BCUT2D eigenvalue weighted by atomic mass is 31.0. The highest BCUT2D eigenvalue weighted by Gasteiger charge is 2.12. The maximum atomic E-state index is 13.2. The van der Waals surface area contributed by atoms with Gasteiger partial charge in [0.25, 0.3) is 0 Å². The Balaban J connectivity index is 0.00000132. The molecule has 3 rings (SSSR count). The average molecular weight is 336 g/mol. The Hall–Kier alpha value is -2.20. The van der Waals surface area contributed by atoms with Crippen LogP contribution < -0.4 is 5.73 Å². The molecule has 1 aromatic carbocycles. The maximum absolute atomic E-state index is 13.2. The lowest BCUT2D eigenvalue weighted by molar-refractivity contribution is -0.121. The molecule has 0 aliphatic heterocycles. The number of carbonyl (C=O) groups excluding carboxylic acids is 1. The molecule has 0 saturated carbocycles. The van der Waals surface area contributed by atoms with Gasteiger partial charge in [-0.05, 0) is 18.2 Å². The molecule has 124 valence electrons. The molecule has 2 heterocycles. The summed E-state index contributed by atoms with van der Waals surface area (Å²) in [6, 6.07) is 4.62. The van der Waals surface area contributed by atoms with Crippen molar-refractivity contribution in [3.8, 4) is 11.1 Å². The molecule has 0 saturated heterocycles. The first kappa shape index (κ1) is 18.8. The van der Waals surface area contributed by atoms with Gasteiger partial charge in [-0.1, -0.05) is 14.4 Å². The minimum atomic E-state index is -0.352. The Kier molecular flexibility index (Phi) is 6.05. The number of amides is 1. The number of carbonyl (C=O) groups is 1. The van der Waals surface area contributed by atoms with Crippen molar-refractivity contribution in [1.29, 1.82) is 0 Å². The van der Waals surface area contributed by atoms with Crippen LogP contribution in [0.25, 0.3) is 22.0 Å². The number of aromatic amines is 1. The summed E-state index contributed by atoms with van der Waals surface area (Å²) >= 11 is 0. The molecule has 0 aliphatic rings. The number of H-pyrrole nitrogens is 1. The highest BCUT2D eigenvalue weighted by molar-refractivity contribution is 6.92. The molecule has 3 N–H and O–H groups in total. The zero-order valence-corrected chi connectivity index (χ0v) is 13.6. The second kappa shape index (κ2) is 7.38. The first-order valence-electron chi connectivity index (χ1n) is 6.63. The van der Waals surface area contributed by atoms with Crippen LogP contribution in [0.3, 0.4) is 0 Å². The van der Waals surface area contributed by atoms with Crippen LogP contribution in [0.2, 0.25) is 0 Å². The van der Waals surface area contributed by atoms with E-state index in [0.29, 0.717) is 6.54 Å². The van der Waals surface area contributed by atoms with Crippen molar-refractivity contribution >= 4 is 26.7 Å². The van der Waals surface area contributed by atoms with Gasteiger partial charge in [0, 0.05) is 34.4 Å². The molecule has 0 radical (unpaired) electrons. The molecular weight excluding hydrogens is 314 g/mol. The van der Waals surface area contributed by atoms with E-state index in [2.05, 4.69) is 10.1 Å². The van der Waals surface area contributed by atoms with Crippen molar-refractivity contribution < 1.29 is 9.18 Å². The normalized spacial score (nSPS) is 11.6. The second-order valence-electron chi connectivity index (χ2n) is 5.15. The van der Waals surface area contributed by atoms with Gasteiger partial charge in [-0.2, -0.15) is 15.0 Å². The Labute approximate surface area is 137 Å². The van der Waals surface area contributed by atoms with Gasteiger partial charge < -0.3 is 10.7 Å². The lowest BCUT2D eigenvalue weighted by atomic mass is 10.1. The predicted molar refractivity (Wildman–Crippen MR) is 95.7 cm³/mol. The Morgan fingerprint density at radius 1 is 1.48 bits per heavy atom. The van der Waals surface area contributed by atoms with Gasteiger partial charge >= 0.3 is 0 Å². The number of hydrogen-bond acceptors (Lipinski definition) is 2. The van der Waals surface area contributed by atoms with E-state index >= 15 is 0 Å². The van der Waals surface area contributed by atoms with Gasteiger partial charge in [0.1, 0.15) is 5.82 Å². The monoisotopic (exact) mass is 336 g/mol. The number of nitrogens with one attached hydrogen (secondary N) is 1. The lowest BCUT2D eigenvalue weighted by Gasteiger charge is -2.06. The number of aromatic nitrogens is 3. The minimum Gasteiger partial charge on any atom is -0.369 e. The van der Waals surface area contributed by atoms with E-state index in [9.17, 15) is 9.18 Å². The summed E-state index contributed by atoms with van der Waals surface area (Å²) in [4.78, 5) is 14.1. The number of benzene rings is 1. The third-order valence-electron chi connectivity index (χ3n) is 3.53. The minimum absolute atomic E-state index is 0. The number of nitrogens with two attached hydrogens (primary N) is 1. The summed E-state index contributed by atoms with van der Waals surface area (Å²) in [5, 5.41) is 5.17. The average Bonchev–Trinajstić information content (AvgIpc) is 3.04. The van der Waals surface area contributed by atoms with E-state index in [1.165, 1.54) is 12.1 Å². The number of primary amides is 1. The van der Waals surface area contributed by atoms with E-state index in [4.69, 9.17) is 5.73 Å². The Morgan fingerprint density at radius 3 is 2.91 bits per heavy atom. The zero-order chi connectivity index (χ0) is 15.0. The standard InChI is InChI=1S/C15H15FN4O.CH4.H3P/c1-9(15(17)21)7-20-8-10(5-19-20)13-6-18-14-4-11(16)2-3-12(13)14;;/h2-6,8-9,18H,7H2,1H3,(H2,17,21);1H4;1H3. The summed E-state index contributed by atoms with van der Waals surface area (Å²) in [5.74, 6) is -0.911. The molecule has 1 amide bonds. The van der Waals surface area contributed by atoms with Crippen LogP contribution in [-0.2, 0) is 11.3 Å². The maximum Gasteiger partial charge on any atom is 0.222 e. The van der Waals surface area contributed by atoms with Gasteiger partial charge in [-0.3, -0.25) is 9.48 Å². The van der Waals surface area contributed by atoms with Crippen molar-refractivity contribution in [2.75, 3.05) is 0 Å². The fourth-order valence-corrected chi connectivity index (χ4v) is 2.31. The molecule has 0 bridgehead atoms. The zero-order valence-electron chi connectivity index (χ0n) is 12.2. The SMILES string of the molecule is C.CC(Cn1cc(-c2c[nH]c3cc(F)ccc23)cn1)C(N)=O.P. The van der Waals surface area contributed by atoms with Crippen LogP contribution in [-0.4, -0.2) is 20.7 Å². The van der Waals surface area contributed by atoms with Crippen molar-refractivity contribution in [3.05, 3.63) is 42.6 Å². The van der Waals surface area contributed by atoms with E-state index in [1.54, 1.807) is 23.9 Å². The summed E-state index contributed by atoms with van der Waals surface area (Å²) in [6.07, 6.45) is 5.40. The molecule has 2 aromatic heterocycles. The lowest BCUT2D eigenvalue weighted by Crippen LogP contribution is -2.24. The number of fused-ring (bicyclic) bond motifs is 1. The van der Waals surface area contributed by atoms with Gasteiger partial charge in [0.15, 0.2) is 0 Å². The van der Waals surface area contributed by atoms with Crippen LogP contribution in [0, 0.1) is 11.7 Å². The van der Waals surface area contributed by atoms with E-state index in [1.807, 2.05) is 12.4 Å². The number of rotatable bonds is 4. The van der Waals surface area contributed by atoms with Crippen LogP contribution in [0.4, 0.5) is 4.39 Å². The third-order valence-corrected chi connectivity index (χ3v) is 3.53. The first-order chi connectivity index (χ1) is 10.0. The van der Waals surface area contributed by atoms with Crippen LogP contribution in [0.1, 0.15) is 14.4 Å². The molecule has 5 nitrogen and oxygen atoms in total. The first-order valence-corrected chi connectivity index (χ1v) is 6.63. The fourth-order valence-electron chi connectivity index (χ4n) is 2.31. The van der Waals surface area contributed by atoms with Crippen LogP contribution in [0.5, 0.6) is 0 Å².